The van der Waals surface area contributed by atoms with Crippen LogP contribution >= 0.6 is 0 Å². The number of nitrogens with two attached hydrogens (primary N) is 1. The van der Waals surface area contributed by atoms with Gasteiger partial charge in [0, 0.05) is 26.3 Å². The molecule has 0 aliphatic carbocycles. The highest BCUT2D eigenvalue weighted by Crippen LogP contribution is 2.41. The number of carbonyl (C=O) groups is 5. The van der Waals surface area contributed by atoms with E-state index in [0.29, 0.717) is 11.1 Å². The molecule has 0 saturated carbocycles. The predicted octanol–water partition coefficient (Wildman–Crippen LogP) is 2.54. The Morgan fingerprint density at radius 3 is 2.24 bits per heavy atom. The van der Waals surface area contributed by atoms with Crippen LogP contribution in [0.2, 0.25) is 0 Å². The number of urea groups is 1. The minimum atomic E-state index is -2.25. The highest BCUT2D eigenvalue weighted by atomic mass is 16.6. The van der Waals surface area contributed by atoms with Crippen molar-refractivity contribution in [3.8, 4) is 11.5 Å². The van der Waals surface area contributed by atoms with Gasteiger partial charge in [-0.1, -0.05) is 42.5 Å². The molecule has 12 nitrogen and oxygen atoms in total. The maximum Gasteiger partial charge on any atom is 0.405 e. The summed E-state index contributed by atoms with van der Waals surface area (Å²) in [7, 11) is 1.20. The van der Waals surface area contributed by atoms with Crippen molar-refractivity contribution in [2.24, 2.45) is 5.73 Å². The molecule has 196 valence electrons. The van der Waals surface area contributed by atoms with Crippen molar-refractivity contribution < 1.29 is 38.6 Å². The molecule has 1 saturated heterocycles. The summed E-state index contributed by atoms with van der Waals surface area (Å²) in [6, 6.07) is 15.3. The van der Waals surface area contributed by atoms with E-state index in [1.165, 1.54) is 19.2 Å². The normalized spacial score (nSPS) is 19.3. The van der Waals surface area contributed by atoms with Crippen molar-refractivity contribution in [3.05, 3.63) is 66.2 Å². The molecule has 1 heterocycles. The number of fused-ring (bicyclic) bond motifs is 1. The highest BCUT2D eigenvalue weighted by Gasteiger charge is 2.58. The first-order valence-corrected chi connectivity index (χ1v) is 11.3. The van der Waals surface area contributed by atoms with Crippen molar-refractivity contribution >= 4 is 46.4 Å². The SMILES string of the molecule is CC(=O)Oc1ccc(C2(NC(=O)O)C(=O)N(C)C(=O)N(c3cccc4ccccc34)C2N)cc1OC(C)=O. The van der Waals surface area contributed by atoms with Crippen LogP contribution in [0.25, 0.3) is 10.8 Å². The van der Waals surface area contributed by atoms with E-state index in [1.54, 1.807) is 24.3 Å². The number of hydrogen-bond acceptors (Lipinski definition) is 8. The average Bonchev–Trinajstić information content (AvgIpc) is 2.86. The van der Waals surface area contributed by atoms with E-state index in [2.05, 4.69) is 5.32 Å². The number of imide groups is 1. The molecule has 0 spiro atoms. The van der Waals surface area contributed by atoms with Crippen molar-refractivity contribution in [3.63, 3.8) is 0 Å². The van der Waals surface area contributed by atoms with Crippen molar-refractivity contribution in [1.29, 1.82) is 0 Å². The number of hydrogen-bond donors (Lipinski definition) is 3. The third kappa shape index (κ3) is 4.37. The number of ether oxygens (including phenoxy) is 2. The maximum atomic E-state index is 13.7. The largest absolute Gasteiger partial charge is 0.465 e. The lowest BCUT2D eigenvalue weighted by molar-refractivity contribution is -0.137. The molecule has 1 fully saturated rings. The molecule has 12 heteroatoms. The molecule has 4 amide bonds. The Hall–Kier alpha value is -4.97. The monoisotopic (exact) mass is 520 g/mol. The Bertz CT molecular complexity index is 1480. The van der Waals surface area contributed by atoms with Gasteiger partial charge in [0.25, 0.3) is 5.91 Å². The Morgan fingerprint density at radius 2 is 1.58 bits per heavy atom. The van der Waals surface area contributed by atoms with E-state index in [1.807, 2.05) is 18.2 Å². The maximum absolute atomic E-state index is 13.7. The molecule has 4 N–H and O–H groups in total. The van der Waals surface area contributed by atoms with Crippen LogP contribution in [0.3, 0.4) is 0 Å². The molecule has 2 unspecified atom stereocenters. The van der Waals surface area contributed by atoms with E-state index < -0.39 is 41.7 Å². The summed E-state index contributed by atoms with van der Waals surface area (Å²) in [4.78, 5) is 64.4. The second-order valence-electron chi connectivity index (χ2n) is 8.55. The number of rotatable bonds is 5. The van der Waals surface area contributed by atoms with Crippen molar-refractivity contribution in [2.45, 2.75) is 25.6 Å². The molecule has 0 aromatic heterocycles. The van der Waals surface area contributed by atoms with Gasteiger partial charge in [-0.25, -0.2) is 9.59 Å². The molecule has 4 rings (SSSR count). The molecule has 3 aromatic carbocycles. The molecular weight excluding hydrogens is 496 g/mol. The van der Waals surface area contributed by atoms with Crippen LogP contribution < -0.4 is 25.4 Å². The van der Waals surface area contributed by atoms with E-state index in [-0.39, 0.29) is 17.1 Å². The molecule has 3 aromatic rings. The molecule has 0 bridgehead atoms. The van der Waals surface area contributed by atoms with Crippen LogP contribution in [0, 0.1) is 0 Å². The summed E-state index contributed by atoms with van der Waals surface area (Å²) in [5, 5.41) is 13.4. The van der Waals surface area contributed by atoms with Gasteiger partial charge in [-0.3, -0.25) is 24.2 Å². The van der Waals surface area contributed by atoms with Gasteiger partial charge in [0.05, 0.1) is 5.69 Å². The van der Waals surface area contributed by atoms with Crippen LogP contribution in [0.15, 0.2) is 60.7 Å². The second kappa shape index (κ2) is 9.82. The number of esters is 2. The zero-order valence-corrected chi connectivity index (χ0v) is 20.6. The summed E-state index contributed by atoms with van der Waals surface area (Å²) >= 11 is 0. The first-order valence-electron chi connectivity index (χ1n) is 11.3. The Balaban J connectivity index is 1.97. The van der Waals surface area contributed by atoms with Crippen LogP contribution in [0.1, 0.15) is 19.4 Å². The van der Waals surface area contributed by atoms with E-state index in [9.17, 15) is 29.1 Å². The molecular formula is C26H24N4O8. The Kier molecular flexibility index (Phi) is 6.75. The van der Waals surface area contributed by atoms with E-state index in [4.69, 9.17) is 15.2 Å². The molecule has 0 radical (unpaired) electrons. The lowest BCUT2D eigenvalue weighted by Crippen LogP contribution is -2.76. The van der Waals surface area contributed by atoms with Gasteiger partial charge in [0.1, 0.15) is 6.17 Å². The fourth-order valence-electron chi connectivity index (χ4n) is 4.51. The van der Waals surface area contributed by atoms with E-state index in [0.717, 1.165) is 35.1 Å². The van der Waals surface area contributed by atoms with Gasteiger partial charge in [-0.05, 0) is 29.1 Å². The summed E-state index contributed by atoms with van der Waals surface area (Å²) in [5.41, 5.74) is 4.64. The molecule has 2 atom stereocenters. The summed E-state index contributed by atoms with van der Waals surface area (Å²) in [5.74, 6) is -2.84. The third-order valence-corrected chi connectivity index (χ3v) is 6.09. The van der Waals surface area contributed by atoms with Crippen LogP contribution in [-0.4, -0.2) is 53.2 Å². The fraction of sp³-hybridized carbons (Fsp3) is 0.192. The summed E-state index contributed by atoms with van der Waals surface area (Å²) in [6.07, 6.45) is -3.20. The molecule has 1 aliphatic heterocycles. The number of carboxylic acid groups (broad SMARTS) is 1. The number of benzene rings is 3. The van der Waals surface area contributed by atoms with Crippen LogP contribution in [0.4, 0.5) is 15.3 Å². The number of amides is 4. The number of likely N-dealkylation sites (N-methyl/N-ethyl adjacent to an activating group) is 1. The number of nitrogens with one attached hydrogen (secondary N) is 1. The third-order valence-electron chi connectivity index (χ3n) is 6.09. The lowest BCUT2D eigenvalue weighted by Gasteiger charge is -2.49. The zero-order valence-electron chi connectivity index (χ0n) is 20.6. The fourth-order valence-corrected chi connectivity index (χ4v) is 4.51. The Morgan fingerprint density at radius 1 is 0.947 bits per heavy atom. The molecule has 1 aliphatic rings. The van der Waals surface area contributed by atoms with Gasteiger partial charge in [0.15, 0.2) is 17.0 Å². The Labute approximate surface area is 216 Å². The van der Waals surface area contributed by atoms with Gasteiger partial charge < -0.3 is 25.6 Å². The average molecular weight is 520 g/mol. The minimum absolute atomic E-state index is 0.0610. The highest BCUT2D eigenvalue weighted by molar-refractivity contribution is 6.14. The van der Waals surface area contributed by atoms with Crippen LogP contribution in [0.5, 0.6) is 11.5 Å². The lowest BCUT2D eigenvalue weighted by atomic mass is 9.82. The standard InChI is InChI=1S/C26H24N4O8/c1-14(31)37-20-12-11-17(13-21(20)38-15(2)32)26(28-24(34)35)22(27)30(25(36)29(3)23(26)33)19-10-6-8-16-7-4-5-9-18(16)19/h4-13,22,28H,27H2,1-3H3,(H,34,35). The van der Waals surface area contributed by atoms with Gasteiger partial charge in [-0.2, -0.15) is 0 Å². The number of carbonyl (C=O) groups excluding carboxylic acids is 4. The summed E-state index contributed by atoms with van der Waals surface area (Å²) < 4.78 is 10.3. The van der Waals surface area contributed by atoms with Gasteiger partial charge >= 0.3 is 24.1 Å². The van der Waals surface area contributed by atoms with Crippen molar-refractivity contribution in [1.82, 2.24) is 10.2 Å². The van der Waals surface area contributed by atoms with Gasteiger partial charge in [-0.15, -0.1) is 0 Å². The minimum Gasteiger partial charge on any atom is -0.465 e. The van der Waals surface area contributed by atoms with Crippen molar-refractivity contribution in [2.75, 3.05) is 11.9 Å². The predicted molar refractivity (Wildman–Crippen MR) is 134 cm³/mol. The number of nitrogens with zero attached hydrogens (tertiary/aromatic N) is 2. The first-order chi connectivity index (χ1) is 18.0. The van der Waals surface area contributed by atoms with Crippen LogP contribution in [-0.2, 0) is 19.9 Å². The molecule has 38 heavy (non-hydrogen) atoms. The zero-order chi connectivity index (χ0) is 27.8. The van der Waals surface area contributed by atoms with E-state index >= 15 is 0 Å². The number of anilines is 1. The first kappa shape index (κ1) is 26.1. The van der Waals surface area contributed by atoms with Gasteiger partial charge in [0.2, 0.25) is 0 Å². The smallest absolute Gasteiger partial charge is 0.405 e. The summed E-state index contributed by atoms with van der Waals surface area (Å²) in [6.45, 7) is 2.25. The topological polar surface area (TPSA) is 169 Å². The quantitative estimate of drug-likeness (QED) is 0.338. The second-order valence-corrected chi connectivity index (χ2v) is 8.55.